The first-order valence-corrected chi connectivity index (χ1v) is 7.02. The van der Waals surface area contributed by atoms with Crippen molar-refractivity contribution in [3.63, 3.8) is 0 Å². The molecule has 0 aromatic heterocycles. The summed E-state index contributed by atoms with van der Waals surface area (Å²) in [7, 11) is 2.44. The first kappa shape index (κ1) is 11.2. The Labute approximate surface area is 85.5 Å². The molecule has 1 rings (SSSR count). The highest BCUT2D eigenvalue weighted by Gasteiger charge is 2.28. The van der Waals surface area contributed by atoms with Gasteiger partial charge >= 0.3 is 9.84 Å². The molecule has 2 nitrogen and oxygen atoms in total. The van der Waals surface area contributed by atoms with E-state index in [2.05, 4.69) is 25.5 Å². The van der Waals surface area contributed by atoms with Gasteiger partial charge in [-0.1, -0.05) is 13.3 Å². The average molecular weight is 201 g/mol. The molecule has 1 atom stereocenters. The van der Waals surface area contributed by atoms with Crippen LogP contribution in [0.15, 0.2) is 0 Å². The van der Waals surface area contributed by atoms with Crippen LogP contribution in [-0.4, -0.2) is 51.8 Å². The molecule has 0 spiro atoms. The Morgan fingerprint density at radius 3 is 2.77 bits per heavy atom. The fourth-order valence-corrected chi connectivity index (χ4v) is 4.38. The zero-order valence-corrected chi connectivity index (χ0v) is 11.0. The van der Waals surface area contributed by atoms with E-state index in [1.165, 1.54) is 49.6 Å². The average Bonchev–Trinajstić information content (AvgIpc) is 2.15. The normalized spacial score (nSPS) is 32.5. The van der Waals surface area contributed by atoms with Crippen molar-refractivity contribution in [2.24, 2.45) is 0 Å². The van der Waals surface area contributed by atoms with Crippen molar-refractivity contribution < 1.29 is 4.15 Å². The van der Waals surface area contributed by atoms with Crippen molar-refractivity contribution in [3.8, 4) is 0 Å². The molecule has 1 heterocycles. The number of unbranched alkanes of at least 4 members (excludes halogenated alkanes) is 1. The van der Waals surface area contributed by atoms with Crippen LogP contribution in [0, 0.1) is 0 Å². The summed E-state index contributed by atoms with van der Waals surface area (Å²) in [6.45, 7) is 10.2. The Balaban J connectivity index is 2.33. The monoisotopic (exact) mass is 201 g/mol. The van der Waals surface area contributed by atoms with Gasteiger partial charge < -0.3 is 4.15 Å². The lowest BCUT2D eigenvalue weighted by molar-refractivity contribution is -0.806. The van der Waals surface area contributed by atoms with Gasteiger partial charge in [0, 0.05) is 13.0 Å². The third kappa shape index (κ3) is 3.41. The summed E-state index contributed by atoms with van der Waals surface area (Å²) >= 11 is 0. The SMILES string of the molecule is CCCCN1CCC[N+](C)(CC)[SiH2]1. The van der Waals surface area contributed by atoms with Crippen LogP contribution in [0.2, 0.25) is 0 Å². The highest BCUT2D eigenvalue weighted by molar-refractivity contribution is 6.22. The lowest BCUT2D eigenvalue weighted by Crippen LogP contribution is -2.59. The fourth-order valence-electron chi connectivity index (χ4n) is 2.12. The Morgan fingerprint density at radius 1 is 1.38 bits per heavy atom. The third-order valence-electron chi connectivity index (χ3n) is 3.31. The zero-order chi connectivity index (χ0) is 9.73. The number of rotatable bonds is 4. The van der Waals surface area contributed by atoms with Gasteiger partial charge in [-0.25, -0.2) is 0 Å². The molecule has 78 valence electrons. The molecule has 0 N–H and O–H groups in total. The van der Waals surface area contributed by atoms with Gasteiger partial charge in [-0.3, -0.25) is 4.57 Å². The summed E-state index contributed by atoms with van der Waals surface area (Å²) in [5.74, 6) is 0. The van der Waals surface area contributed by atoms with Crippen LogP contribution in [0.1, 0.15) is 33.1 Å². The molecule has 1 aliphatic rings. The Hall–Kier alpha value is 0.137. The zero-order valence-electron chi connectivity index (χ0n) is 9.55. The highest BCUT2D eigenvalue weighted by atomic mass is 28.2. The van der Waals surface area contributed by atoms with E-state index in [1.807, 2.05) is 0 Å². The quantitative estimate of drug-likeness (QED) is 0.612. The summed E-state index contributed by atoms with van der Waals surface area (Å²) in [6, 6.07) is 0. The van der Waals surface area contributed by atoms with E-state index in [1.54, 1.807) is 0 Å². The molecular formula is C10H25N2Si+. The predicted octanol–water partition coefficient (Wildman–Crippen LogP) is 0.957. The van der Waals surface area contributed by atoms with Gasteiger partial charge in [-0.15, -0.1) is 0 Å². The van der Waals surface area contributed by atoms with E-state index < -0.39 is 0 Å². The van der Waals surface area contributed by atoms with Crippen LogP contribution in [0.25, 0.3) is 0 Å². The highest BCUT2D eigenvalue weighted by Crippen LogP contribution is 2.11. The van der Waals surface area contributed by atoms with Crippen LogP contribution in [0.4, 0.5) is 0 Å². The minimum absolute atomic E-state index is 0.00949. The van der Waals surface area contributed by atoms with E-state index in [0.29, 0.717) is 0 Å². The van der Waals surface area contributed by atoms with Crippen LogP contribution < -0.4 is 0 Å². The van der Waals surface area contributed by atoms with Crippen LogP contribution >= 0.6 is 0 Å². The van der Waals surface area contributed by atoms with Crippen LogP contribution in [-0.2, 0) is 0 Å². The summed E-state index contributed by atoms with van der Waals surface area (Å²) in [5, 5.41) is 0. The molecule has 13 heavy (non-hydrogen) atoms. The number of hydrogen-bond donors (Lipinski definition) is 0. The molecule has 1 unspecified atom stereocenters. The van der Waals surface area contributed by atoms with Crippen LogP contribution in [0.3, 0.4) is 0 Å². The lowest BCUT2D eigenvalue weighted by atomic mass is 10.3. The van der Waals surface area contributed by atoms with Gasteiger partial charge in [-0.2, -0.15) is 0 Å². The molecule has 0 radical (unpaired) electrons. The molecule has 3 heteroatoms. The van der Waals surface area contributed by atoms with E-state index in [0.717, 1.165) is 0 Å². The predicted molar refractivity (Wildman–Crippen MR) is 61.2 cm³/mol. The van der Waals surface area contributed by atoms with E-state index in [-0.39, 0.29) is 9.84 Å². The van der Waals surface area contributed by atoms with Crippen molar-refractivity contribution in [2.75, 3.05) is 33.2 Å². The molecule has 0 aliphatic carbocycles. The second-order valence-electron chi connectivity index (χ2n) is 4.63. The molecular weight excluding hydrogens is 176 g/mol. The van der Waals surface area contributed by atoms with Gasteiger partial charge in [0.1, 0.15) is 0 Å². The van der Waals surface area contributed by atoms with Crippen molar-refractivity contribution in [2.45, 2.75) is 33.1 Å². The van der Waals surface area contributed by atoms with Gasteiger partial charge in [0.25, 0.3) is 0 Å². The topological polar surface area (TPSA) is 3.24 Å². The molecule has 0 aromatic carbocycles. The minimum atomic E-state index is -0.00949. The Morgan fingerprint density at radius 2 is 2.15 bits per heavy atom. The number of hydrogen-bond acceptors (Lipinski definition) is 1. The van der Waals surface area contributed by atoms with Crippen molar-refractivity contribution in [1.29, 1.82) is 0 Å². The molecule has 0 saturated carbocycles. The van der Waals surface area contributed by atoms with Gasteiger partial charge in [-0.05, 0) is 19.9 Å². The second kappa shape index (κ2) is 5.13. The second-order valence-corrected chi connectivity index (χ2v) is 7.33. The van der Waals surface area contributed by atoms with Gasteiger partial charge in [0.05, 0.1) is 20.1 Å². The van der Waals surface area contributed by atoms with E-state index >= 15 is 0 Å². The van der Waals surface area contributed by atoms with Crippen molar-refractivity contribution >= 4 is 9.84 Å². The molecule has 1 saturated heterocycles. The first-order chi connectivity index (χ1) is 6.20. The summed E-state index contributed by atoms with van der Waals surface area (Å²) in [4.78, 5) is 0. The number of nitrogens with zero attached hydrogens (tertiary/aromatic N) is 2. The van der Waals surface area contributed by atoms with E-state index in [4.69, 9.17) is 0 Å². The lowest BCUT2D eigenvalue weighted by Gasteiger charge is -2.42. The maximum Gasteiger partial charge on any atom is 0.337 e. The summed E-state index contributed by atoms with van der Waals surface area (Å²) < 4.78 is 4.17. The van der Waals surface area contributed by atoms with Crippen molar-refractivity contribution in [1.82, 2.24) is 4.57 Å². The molecule has 0 amide bonds. The largest absolute Gasteiger partial charge is 0.378 e. The van der Waals surface area contributed by atoms with Gasteiger partial charge in [0.2, 0.25) is 0 Å². The smallest absolute Gasteiger partial charge is 0.337 e. The van der Waals surface area contributed by atoms with Crippen LogP contribution in [0.5, 0.6) is 0 Å². The summed E-state index contributed by atoms with van der Waals surface area (Å²) in [6.07, 6.45) is 4.17. The molecule has 1 fully saturated rings. The fraction of sp³-hybridized carbons (Fsp3) is 1.00. The number of quaternary nitrogens is 1. The Bertz CT molecular complexity index is 152. The maximum absolute atomic E-state index is 2.77. The molecule has 0 bridgehead atoms. The summed E-state index contributed by atoms with van der Waals surface area (Å²) in [5.41, 5.74) is 0. The third-order valence-corrected chi connectivity index (χ3v) is 5.78. The van der Waals surface area contributed by atoms with Crippen molar-refractivity contribution in [3.05, 3.63) is 0 Å². The van der Waals surface area contributed by atoms with E-state index in [9.17, 15) is 0 Å². The maximum atomic E-state index is 2.77. The molecule has 0 aromatic rings. The molecule has 1 aliphatic heterocycles. The Kier molecular flexibility index (Phi) is 4.42. The van der Waals surface area contributed by atoms with Gasteiger partial charge in [0.15, 0.2) is 0 Å². The minimum Gasteiger partial charge on any atom is -0.378 e. The first-order valence-electron chi connectivity index (χ1n) is 5.76. The standard InChI is InChI=1S/C10H25N2Si/c1-4-6-8-11-9-7-10-12(3,5-2)13-11/h4-10,13H2,1-3H3/q+1.